The highest BCUT2D eigenvalue weighted by Gasteiger charge is 2.10. The molecule has 0 saturated carbocycles. The minimum Gasteiger partial charge on any atom is -0.287 e. The lowest BCUT2D eigenvalue weighted by Gasteiger charge is -2.01. The fourth-order valence-corrected chi connectivity index (χ4v) is 2.75. The van der Waals surface area contributed by atoms with Gasteiger partial charge in [-0.05, 0) is 37.1 Å². The second-order valence-electron chi connectivity index (χ2n) is 3.84. The fraction of sp³-hybridized carbons (Fsp3) is 0.182. The van der Waals surface area contributed by atoms with Crippen LogP contribution in [0, 0.1) is 13.8 Å². The third-order valence-electron chi connectivity index (χ3n) is 2.78. The lowest BCUT2D eigenvalue weighted by atomic mass is 10.1. The van der Waals surface area contributed by atoms with E-state index in [4.69, 9.17) is 0 Å². The molecule has 0 aliphatic rings. The van der Waals surface area contributed by atoms with Crippen LogP contribution >= 0.6 is 11.3 Å². The molecule has 0 atom stereocenters. The normalized spacial score (nSPS) is 11.4. The summed E-state index contributed by atoms with van der Waals surface area (Å²) in [6.07, 6.45) is 0. The van der Waals surface area contributed by atoms with Crippen LogP contribution in [0.1, 0.15) is 11.1 Å². The van der Waals surface area contributed by atoms with Gasteiger partial charge >= 0.3 is 0 Å². The lowest BCUT2D eigenvalue weighted by Crippen LogP contribution is -2.01. The van der Waals surface area contributed by atoms with E-state index < -0.39 is 0 Å². The van der Waals surface area contributed by atoms with Gasteiger partial charge in [0.2, 0.25) is 5.43 Å². The van der Waals surface area contributed by atoms with Crippen molar-refractivity contribution in [1.29, 1.82) is 0 Å². The third kappa shape index (κ3) is 1.18. The van der Waals surface area contributed by atoms with Crippen LogP contribution in [0.5, 0.6) is 0 Å². The second kappa shape index (κ2) is 3.12. The van der Waals surface area contributed by atoms with Gasteiger partial charge in [-0.3, -0.25) is 4.79 Å². The van der Waals surface area contributed by atoms with Gasteiger partial charge in [-0.2, -0.15) is 10.3 Å². The van der Waals surface area contributed by atoms with Crippen molar-refractivity contribution in [3.8, 4) is 0 Å². The maximum Gasteiger partial charge on any atom is 0.217 e. The van der Waals surface area contributed by atoms with Crippen molar-refractivity contribution in [2.75, 3.05) is 0 Å². The van der Waals surface area contributed by atoms with Crippen molar-refractivity contribution >= 4 is 31.8 Å². The molecule has 0 aliphatic heterocycles. The highest BCUT2D eigenvalue weighted by Crippen LogP contribution is 2.24. The zero-order chi connectivity index (χ0) is 11.3. The van der Waals surface area contributed by atoms with Crippen LogP contribution in [0.25, 0.3) is 20.4 Å². The van der Waals surface area contributed by atoms with E-state index in [2.05, 4.69) is 15.4 Å². The molecule has 0 aliphatic carbocycles. The highest BCUT2D eigenvalue weighted by molar-refractivity contribution is 7.24. The molecule has 0 unspecified atom stereocenters. The molecule has 0 spiro atoms. The first-order valence-corrected chi connectivity index (χ1v) is 5.73. The standard InChI is InChI=1S/C11H9N3OS/c1-5-3-7-8(4-6(5)2)16-11-9(10(7)15)12-14-13-11/h3-4H,1-2H3,(H,12,13,14). The summed E-state index contributed by atoms with van der Waals surface area (Å²) in [7, 11) is 0. The van der Waals surface area contributed by atoms with Crippen LogP contribution in [0.15, 0.2) is 16.9 Å². The number of nitrogens with zero attached hydrogens (tertiary/aromatic N) is 2. The number of aryl methyl sites for hydroxylation is 2. The number of rotatable bonds is 0. The van der Waals surface area contributed by atoms with Crippen molar-refractivity contribution < 1.29 is 0 Å². The molecule has 1 N–H and O–H groups in total. The van der Waals surface area contributed by atoms with E-state index in [0.29, 0.717) is 10.3 Å². The summed E-state index contributed by atoms with van der Waals surface area (Å²) in [6.45, 7) is 4.05. The number of H-pyrrole nitrogens is 1. The first-order valence-electron chi connectivity index (χ1n) is 4.91. The Morgan fingerprint density at radius 2 is 1.94 bits per heavy atom. The van der Waals surface area contributed by atoms with Crippen molar-refractivity contribution in [2.24, 2.45) is 0 Å². The average molecular weight is 231 g/mol. The zero-order valence-electron chi connectivity index (χ0n) is 8.87. The maximum absolute atomic E-state index is 12.1. The molecule has 16 heavy (non-hydrogen) atoms. The molecule has 0 radical (unpaired) electrons. The number of aromatic nitrogens is 3. The van der Waals surface area contributed by atoms with E-state index in [1.165, 1.54) is 16.9 Å². The summed E-state index contributed by atoms with van der Waals surface area (Å²) in [5.41, 5.74) is 2.70. The van der Waals surface area contributed by atoms with E-state index in [9.17, 15) is 4.79 Å². The Morgan fingerprint density at radius 1 is 1.19 bits per heavy atom. The summed E-state index contributed by atoms with van der Waals surface area (Å²) in [5.74, 6) is 0. The molecule has 3 rings (SSSR count). The molecule has 3 aromatic rings. The monoisotopic (exact) mass is 231 g/mol. The molecule has 0 bridgehead atoms. The van der Waals surface area contributed by atoms with Crippen LogP contribution in [-0.4, -0.2) is 15.4 Å². The Bertz CT molecular complexity index is 757. The Balaban J connectivity index is 2.62. The minimum atomic E-state index is -0.0411. The summed E-state index contributed by atoms with van der Waals surface area (Å²) < 4.78 is 0.967. The van der Waals surface area contributed by atoms with E-state index in [-0.39, 0.29) is 5.43 Å². The lowest BCUT2D eigenvalue weighted by molar-refractivity contribution is 0.960. The van der Waals surface area contributed by atoms with Gasteiger partial charge in [-0.25, -0.2) is 0 Å². The van der Waals surface area contributed by atoms with Crippen LogP contribution in [0.2, 0.25) is 0 Å². The van der Waals surface area contributed by atoms with Crippen LogP contribution < -0.4 is 5.43 Å². The minimum absolute atomic E-state index is 0.0411. The van der Waals surface area contributed by atoms with E-state index in [1.807, 2.05) is 26.0 Å². The summed E-state index contributed by atoms with van der Waals surface area (Å²) in [6, 6.07) is 3.96. The fourth-order valence-electron chi connectivity index (χ4n) is 1.72. The number of benzene rings is 1. The zero-order valence-corrected chi connectivity index (χ0v) is 9.68. The Morgan fingerprint density at radius 3 is 2.75 bits per heavy atom. The van der Waals surface area contributed by atoms with Gasteiger partial charge in [0.25, 0.3) is 0 Å². The number of nitrogens with one attached hydrogen (secondary N) is 1. The van der Waals surface area contributed by atoms with Gasteiger partial charge in [0, 0.05) is 10.1 Å². The first kappa shape index (κ1) is 9.47. The molecule has 2 heterocycles. The molecule has 0 fully saturated rings. The first-order chi connectivity index (χ1) is 7.66. The highest BCUT2D eigenvalue weighted by atomic mass is 32.1. The summed E-state index contributed by atoms with van der Waals surface area (Å²) >= 11 is 1.49. The van der Waals surface area contributed by atoms with Gasteiger partial charge in [0.1, 0.15) is 0 Å². The largest absolute Gasteiger partial charge is 0.287 e. The second-order valence-corrected chi connectivity index (χ2v) is 4.87. The summed E-state index contributed by atoms with van der Waals surface area (Å²) in [5, 5.41) is 11.1. The molecule has 5 heteroatoms. The third-order valence-corrected chi connectivity index (χ3v) is 3.81. The van der Waals surface area contributed by atoms with Crippen LogP contribution in [0.4, 0.5) is 0 Å². The smallest absolute Gasteiger partial charge is 0.217 e. The molecule has 0 saturated heterocycles. The quantitative estimate of drug-likeness (QED) is 0.645. The molecule has 1 aromatic carbocycles. The van der Waals surface area contributed by atoms with Crippen LogP contribution in [-0.2, 0) is 0 Å². The van der Waals surface area contributed by atoms with Crippen molar-refractivity contribution in [2.45, 2.75) is 13.8 Å². The predicted octanol–water partition coefficient (Wildman–Crippen LogP) is 2.15. The number of hydrogen-bond donors (Lipinski definition) is 1. The van der Waals surface area contributed by atoms with Crippen molar-refractivity contribution in [3.05, 3.63) is 33.5 Å². The SMILES string of the molecule is Cc1cc2sc3n[nH]nc3c(=O)c2cc1C. The topological polar surface area (TPSA) is 58.6 Å². The van der Waals surface area contributed by atoms with Crippen LogP contribution in [0.3, 0.4) is 0 Å². The van der Waals surface area contributed by atoms with Crippen molar-refractivity contribution in [3.63, 3.8) is 0 Å². The van der Waals surface area contributed by atoms with Gasteiger partial charge in [0.15, 0.2) is 10.3 Å². The van der Waals surface area contributed by atoms with Crippen molar-refractivity contribution in [1.82, 2.24) is 15.4 Å². The van der Waals surface area contributed by atoms with Gasteiger partial charge < -0.3 is 0 Å². The molecular formula is C11H9N3OS. The Kier molecular flexibility index (Phi) is 1.85. The van der Waals surface area contributed by atoms with E-state index in [1.54, 1.807) is 0 Å². The molecule has 2 aromatic heterocycles. The van der Waals surface area contributed by atoms with Gasteiger partial charge in [-0.15, -0.1) is 16.4 Å². The number of aromatic amines is 1. The molecule has 0 amide bonds. The Labute approximate surface area is 94.9 Å². The van der Waals surface area contributed by atoms with E-state index in [0.717, 1.165) is 15.6 Å². The maximum atomic E-state index is 12.1. The average Bonchev–Trinajstić information content (AvgIpc) is 2.70. The molecule has 80 valence electrons. The summed E-state index contributed by atoms with van der Waals surface area (Å²) in [4.78, 5) is 12.8. The number of fused-ring (bicyclic) bond motifs is 2. The Hall–Kier alpha value is -1.75. The van der Waals surface area contributed by atoms with Gasteiger partial charge in [-0.1, -0.05) is 0 Å². The molecule has 4 nitrogen and oxygen atoms in total. The molecular weight excluding hydrogens is 222 g/mol. The van der Waals surface area contributed by atoms with E-state index >= 15 is 0 Å². The number of hydrogen-bond acceptors (Lipinski definition) is 4. The van der Waals surface area contributed by atoms with Gasteiger partial charge in [0.05, 0.1) is 0 Å². The predicted molar refractivity (Wildman–Crippen MR) is 65.0 cm³/mol.